The van der Waals surface area contributed by atoms with Crippen molar-refractivity contribution in [2.24, 2.45) is 5.92 Å². The van der Waals surface area contributed by atoms with Gasteiger partial charge >= 0.3 is 0 Å². The molecule has 21 heavy (non-hydrogen) atoms. The van der Waals surface area contributed by atoms with E-state index in [1.165, 1.54) is 23.1 Å². The highest BCUT2D eigenvalue weighted by molar-refractivity contribution is 6.09. The minimum Gasteiger partial charge on any atom is -0.289 e. The highest BCUT2D eigenvalue weighted by Crippen LogP contribution is 2.24. The largest absolute Gasteiger partial charge is 0.289 e. The highest BCUT2D eigenvalue weighted by atomic mass is 16.1. The first kappa shape index (κ1) is 14.1. The van der Waals surface area contributed by atoms with Gasteiger partial charge in [-0.3, -0.25) is 4.79 Å². The molecule has 0 aromatic heterocycles. The summed E-state index contributed by atoms with van der Waals surface area (Å²) in [4.78, 5) is 12.6. The molecular formula is C20H22O. The van der Waals surface area contributed by atoms with Crippen LogP contribution in [-0.4, -0.2) is 5.78 Å². The molecule has 0 radical (unpaired) electrons. The topological polar surface area (TPSA) is 17.1 Å². The molecule has 0 fully saturated rings. The van der Waals surface area contributed by atoms with Crippen molar-refractivity contribution in [2.45, 2.75) is 39.5 Å². The van der Waals surface area contributed by atoms with Crippen molar-refractivity contribution in [1.82, 2.24) is 0 Å². The van der Waals surface area contributed by atoms with Gasteiger partial charge in [-0.1, -0.05) is 50.2 Å². The Morgan fingerprint density at radius 2 is 1.62 bits per heavy atom. The van der Waals surface area contributed by atoms with Crippen LogP contribution >= 0.6 is 0 Å². The van der Waals surface area contributed by atoms with Gasteiger partial charge in [0.1, 0.15) is 0 Å². The van der Waals surface area contributed by atoms with Gasteiger partial charge in [0, 0.05) is 11.1 Å². The zero-order valence-corrected chi connectivity index (χ0v) is 12.9. The smallest absolute Gasteiger partial charge is 0.193 e. The Morgan fingerprint density at radius 3 is 2.33 bits per heavy atom. The van der Waals surface area contributed by atoms with E-state index in [9.17, 15) is 4.79 Å². The fourth-order valence-electron chi connectivity index (χ4n) is 3.14. The summed E-state index contributed by atoms with van der Waals surface area (Å²) in [6, 6.07) is 14.3. The van der Waals surface area contributed by atoms with E-state index >= 15 is 0 Å². The molecule has 0 aliphatic heterocycles. The van der Waals surface area contributed by atoms with Crippen LogP contribution in [0.3, 0.4) is 0 Å². The van der Waals surface area contributed by atoms with Gasteiger partial charge in [-0.25, -0.2) is 0 Å². The number of fused-ring (bicyclic) bond motifs is 1. The van der Waals surface area contributed by atoms with Crippen LogP contribution in [0.1, 0.15) is 52.9 Å². The maximum Gasteiger partial charge on any atom is 0.193 e. The number of rotatable bonds is 4. The van der Waals surface area contributed by atoms with E-state index in [0.717, 1.165) is 30.4 Å². The van der Waals surface area contributed by atoms with E-state index in [2.05, 4.69) is 38.1 Å². The zero-order chi connectivity index (χ0) is 14.8. The van der Waals surface area contributed by atoms with Gasteiger partial charge < -0.3 is 0 Å². The molecule has 0 heterocycles. The molecule has 0 saturated heterocycles. The van der Waals surface area contributed by atoms with Gasteiger partial charge in [0.15, 0.2) is 5.78 Å². The van der Waals surface area contributed by atoms with Crippen molar-refractivity contribution in [3.8, 4) is 0 Å². The molecule has 0 bridgehead atoms. The number of aryl methyl sites for hydroxylation is 2. The Bertz CT molecular complexity index is 650. The zero-order valence-electron chi connectivity index (χ0n) is 12.9. The molecular weight excluding hydrogens is 256 g/mol. The fourth-order valence-corrected chi connectivity index (χ4v) is 3.14. The molecule has 1 heteroatoms. The molecule has 108 valence electrons. The molecule has 1 aliphatic rings. The minimum atomic E-state index is 0.140. The Labute approximate surface area is 127 Å². The van der Waals surface area contributed by atoms with Crippen molar-refractivity contribution < 1.29 is 4.79 Å². The summed E-state index contributed by atoms with van der Waals surface area (Å²) in [5, 5.41) is 0. The predicted octanol–water partition coefficient (Wildman–Crippen LogP) is 4.60. The summed E-state index contributed by atoms with van der Waals surface area (Å²) < 4.78 is 0. The number of carbonyl (C=O) groups excluding carboxylic acids is 1. The van der Waals surface area contributed by atoms with Crippen molar-refractivity contribution in [3.05, 3.63) is 70.3 Å². The van der Waals surface area contributed by atoms with Gasteiger partial charge in [0.05, 0.1) is 0 Å². The summed E-state index contributed by atoms with van der Waals surface area (Å²) in [7, 11) is 0. The number of benzene rings is 2. The molecule has 0 unspecified atom stereocenters. The predicted molar refractivity (Wildman–Crippen MR) is 86.9 cm³/mol. The number of hydrogen-bond acceptors (Lipinski definition) is 1. The fraction of sp³-hybridized carbons (Fsp3) is 0.350. The Balaban J connectivity index is 1.81. The standard InChI is InChI=1S/C20H22O/c1-14(2)12-15-6-8-17(9-7-15)20(21)19-11-10-16-4-3-5-18(16)13-19/h6-11,13-14H,3-5,12H2,1-2H3. The van der Waals surface area contributed by atoms with E-state index in [-0.39, 0.29) is 5.78 Å². The molecule has 0 amide bonds. The van der Waals surface area contributed by atoms with Gasteiger partial charge in [0.25, 0.3) is 0 Å². The lowest BCUT2D eigenvalue weighted by Gasteiger charge is -2.07. The van der Waals surface area contributed by atoms with Crippen LogP contribution in [0.25, 0.3) is 0 Å². The first-order chi connectivity index (χ1) is 10.1. The van der Waals surface area contributed by atoms with Gasteiger partial charge in [-0.15, -0.1) is 0 Å². The molecule has 2 aromatic carbocycles. The quantitative estimate of drug-likeness (QED) is 0.747. The Hall–Kier alpha value is -1.89. The average Bonchev–Trinajstić information content (AvgIpc) is 2.94. The van der Waals surface area contributed by atoms with Crippen molar-refractivity contribution >= 4 is 5.78 Å². The lowest BCUT2D eigenvalue weighted by atomic mass is 9.97. The van der Waals surface area contributed by atoms with Gasteiger partial charge in [0.2, 0.25) is 0 Å². The molecule has 0 atom stereocenters. The first-order valence-corrected chi connectivity index (χ1v) is 7.89. The minimum absolute atomic E-state index is 0.140. The maximum absolute atomic E-state index is 12.6. The summed E-state index contributed by atoms with van der Waals surface area (Å²) in [5.74, 6) is 0.782. The summed E-state index contributed by atoms with van der Waals surface area (Å²) in [6.45, 7) is 4.42. The maximum atomic E-state index is 12.6. The SMILES string of the molecule is CC(C)Cc1ccc(C(=O)c2ccc3c(c2)CCC3)cc1. The molecule has 0 spiro atoms. The Morgan fingerprint density at radius 1 is 0.952 bits per heavy atom. The van der Waals surface area contributed by atoms with Crippen LogP contribution < -0.4 is 0 Å². The van der Waals surface area contributed by atoms with E-state index in [1.807, 2.05) is 18.2 Å². The first-order valence-electron chi connectivity index (χ1n) is 7.89. The molecule has 3 rings (SSSR count). The monoisotopic (exact) mass is 278 g/mol. The third-order valence-electron chi connectivity index (χ3n) is 4.22. The summed E-state index contributed by atoms with van der Waals surface area (Å²) in [5.41, 5.74) is 5.69. The van der Waals surface area contributed by atoms with Crippen LogP contribution in [0.2, 0.25) is 0 Å². The van der Waals surface area contributed by atoms with Crippen LogP contribution in [0.15, 0.2) is 42.5 Å². The highest BCUT2D eigenvalue weighted by Gasteiger charge is 2.15. The number of hydrogen-bond donors (Lipinski definition) is 0. The van der Waals surface area contributed by atoms with Crippen molar-refractivity contribution in [1.29, 1.82) is 0 Å². The van der Waals surface area contributed by atoms with E-state index in [1.54, 1.807) is 0 Å². The number of carbonyl (C=O) groups is 1. The lowest BCUT2D eigenvalue weighted by Crippen LogP contribution is -2.03. The summed E-state index contributed by atoms with van der Waals surface area (Å²) >= 11 is 0. The third-order valence-corrected chi connectivity index (χ3v) is 4.22. The molecule has 0 saturated carbocycles. The molecule has 1 nitrogen and oxygen atoms in total. The Kier molecular flexibility index (Phi) is 3.92. The normalized spacial score (nSPS) is 13.5. The van der Waals surface area contributed by atoms with Crippen LogP contribution in [0.5, 0.6) is 0 Å². The molecule has 0 N–H and O–H groups in total. The van der Waals surface area contributed by atoms with Crippen LogP contribution in [-0.2, 0) is 19.3 Å². The second kappa shape index (κ2) is 5.85. The second-order valence-electron chi connectivity index (χ2n) is 6.46. The van der Waals surface area contributed by atoms with Crippen molar-refractivity contribution in [2.75, 3.05) is 0 Å². The van der Waals surface area contributed by atoms with Crippen molar-refractivity contribution in [3.63, 3.8) is 0 Å². The average molecular weight is 278 g/mol. The van der Waals surface area contributed by atoms with E-state index < -0.39 is 0 Å². The van der Waals surface area contributed by atoms with E-state index in [4.69, 9.17) is 0 Å². The molecule has 1 aliphatic carbocycles. The lowest BCUT2D eigenvalue weighted by molar-refractivity contribution is 0.103. The second-order valence-corrected chi connectivity index (χ2v) is 6.46. The van der Waals surface area contributed by atoms with Crippen LogP contribution in [0, 0.1) is 5.92 Å². The van der Waals surface area contributed by atoms with Crippen LogP contribution in [0.4, 0.5) is 0 Å². The van der Waals surface area contributed by atoms with E-state index in [0.29, 0.717) is 5.92 Å². The molecule has 2 aromatic rings. The summed E-state index contributed by atoms with van der Waals surface area (Å²) in [6.07, 6.45) is 4.56. The van der Waals surface area contributed by atoms with Gasteiger partial charge in [-0.05, 0) is 54.4 Å². The van der Waals surface area contributed by atoms with Gasteiger partial charge in [-0.2, -0.15) is 0 Å². The number of ketones is 1. The third kappa shape index (κ3) is 3.07.